The van der Waals surface area contributed by atoms with E-state index < -0.39 is 15.8 Å². The van der Waals surface area contributed by atoms with Crippen LogP contribution in [0, 0.1) is 19.7 Å². The lowest BCUT2D eigenvalue weighted by molar-refractivity contribution is 0.582. The highest BCUT2D eigenvalue weighted by atomic mass is 32.2. The molecule has 6 heteroatoms. The van der Waals surface area contributed by atoms with Gasteiger partial charge in [0.2, 0.25) is 0 Å². The number of rotatable bonds is 2. The van der Waals surface area contributed by atoms with Gasteiger partial charge in [-0.25, -0.2) is 21.8 Å². The molecule has 21 heavy (non-hydrogen) atoms. The second kappa shape index (κ2) is 4.66. The summed E-state index contributed by atoms with van der Waals surface area (Å²) in [5, 5.41) is 0.728. The minimum atomic E-state index is -3.88. The molecule has 0 bridgehead atoms. The molecule has 1 aromatic carbocycles. The number of halogens is 1. The van der Waals surface area contributed by atoms with Gasteiger partial charge in [-0.15, -0.1) is 0 Å². The minimum absolute atomic E-state index is 0.0862. The second-order valence-electron chi connectivity index (χ2n) is 4.88. The monoisotopic (exact) mass is 304 g/mol. The molecular formula is C15H13FN2O2S. The van der Waals surface area contributed by atoms with Crippen LogP contribution in [0.3, 0.4) is 0 Å². The van der Waals surface area contributed by atoms with Crippen molar-refractivity contribution in [2.24, 2.45) is 0 Å². The number of fused-ring (bicyclic) bond motifs is 1. The normalized spacial score (nSPS) is 12.0. The van der Waals surface area contributed by atoms with E-state index in [0.717, 1.165) is 15.4 Å². The van der Waals surface area contributed by atoms with Crippen LogP contribution in [0.25, 0.3) is 11.0 Å². The first-order valence-electron chi connectivity index (χ1n) is 6.36. The van der Waals surface area contributed by atoms with E-state index in [2.05, 4.69) is 4.98 Å². The van der Waals surface area contributed by atoms with Gasteiger partial charge in [0, 0.05) is 17.3 Å². The summed E-state index contributed by atoms with van der Waals surface area (Å²) in [5.41, 5.74) is 1.28. The van der Waals surface area contributed by atoms with Crippen molar-refractivity contribution < 1.29 is 12.8 Å². The van der Waals surface area contributed by atoms with Crippen molar-refractivity contribution in [2.75, 3.05) is 0 Å². The van der Waals surface area contributed by atoms with Gasteiger partial charge in [0.05, 0.1) is 4.90 Å². The smallest absolute Gasteiger partial charge is 0.237 e. The topological polar surface area (TPSA) is 52.0 Å². The summed E-state index contributed by atoms with van der Waals surface area (Å²) in [4.78, 5) is 4.04. The summed E-state index contributed by atoms with van der Waals surface area (Å²) in [7, 11) is -3.88. The highest BCUT2D eigenvalue weighted by Crippen LogP contribution is 2.24. The van der Waals surface area contributed by atoms with Gasteiger partial charge in [0.1, 0.15) is 5.82 Å². The lowest BCUT2D eigenvalue weighted by atomic mass is 10.2. The van der Waals surface area contributed by atoms with Crippen molar-refractivity contribution in [2.45, 2.75) is 18.7 Å². The molecule has 0 unspecified atom stereocenters. The van der Waals surface area contributed by atoms with Crippen molar-refractivity contribution in [3.05, 3.63) is 59.7 Å². The number of aryl methyl sites for hydroxylation is 2. The summed E-state index contributed by atoms with van der Waals surface area (Å²) in [6, 6.07) is 9.17. The van der Waals surface area contributed by atoms with Crippen LogP contribution in [-0.2, 0) is 10.0 Å². The maximum absolute atomic E-state index is 13.7. The molecule has 0 amide bonds. The van der Waals surface area contributed by atoms with E-state index in [9.17, 15) is 12.8 Å². The van der Waals surface area contributed by atoms with Gasteiger partial charge in [-0.1, -0.05) is 6.07 Å². The Morgan fingerprint density at radius 2 is 1.90 bits per heavy atom. The van der Waals surface area contributed by atoms with E-state index in [0.29, 0.717) is 16.9 Å². The highest BCUT2D eigenvalue weighted by Gasteiger charge is 2.22. The number of benzene rings is 1. The van der Waals surface area contributed by atoms with Crippen molar-refractivity contribution >= 4 is 21.1 Å². The predicted octanol–water partition coefficient (Wildman–Crippen LogP) is 3.03. The first-order chi connectivity index (χ1) is 9.91. The van der Waals surface area contributed by atoms with Gasteiger partial charge in [0.25, 0.3) is 10.0 Å². The third kappa shape index (κ3) is 2.12. The third-order valence-electron chi connectivity index (χ3n) is 3.38. The van der Waals surface area contributed by atoms with Crippen molar-refractivity contribution in [1.82, 2.24) is 8.96 Å². The fourth-order valence-electron chi connectivity index (χ4n) is 2.29. The van der Waals surface area contributed by atoms with E-state index in [-0.39, 0.29) is 4.90 Å². The largest absolute Gasteiger partial charge is 0.269 e. The Morgan fingerprint density at radius 1 is 1.14 bits per heavy atom. The van der Waals surface area contributed by atoms with E-state index in [4.69, 9.17) is 0 Å². The second-order valence-corrected chi connectivity index (χ2v) is 6.67. The van der Waals surface area contributed by atoms with Gasteiger partial charge >= 0.3 is 0 Å². The Hall–Kier alpha value is -2.21. The summed E-state index contributed by atoms with van der Waals surface area (Å²) >= 11 is 0. The third-order valence-corrected chi connectivity index (χ3v) is 5.17. The van der Waals surface area contributed by atoms with Crippen LogP contribution in [0.4, 0.5) is 4.39 Å². The van der Waals surface area contributed by atoms with Crippen LogP contribution in [0.15, 0.2) is 47.5 Å². The van der Waals surface area contributed by atoms with Crippen LogP contribution in [0.1, 0.15) is 11.3 Å². The van der Waals surface area contributed by atoms with E-state index in [1.54, 1.807) is 32.0 Å². The Bertz CT molecular complexity index is 945. The summed E-state index contributed by atoms with van der Waals surface area (Å²) in [6.07, 6.45) is 1.53. The maximum atomic E-state index is 13.7. The molecule has 0 radical (unpaired) electrons. The lowest BCUT2D eigenvalue weighted by Gasteiger charge is -2.10. The minimum Gasteiger partial charge on any atom is -0.237 e. The van der Waals surface area contributed by atoms with Gasteiger partial charge in [-0.05, 0) is 49.7 Å². The van der Waals surface area contributed by atoms with E-state index >= 15 is 0 Å². The average Bonchev–Trinajstić information content (AvgIpc) is 2.78. The molecule has 3 aromatic rings. The molecule has 0 N–H and O–H groups in total. The van der Waals surface area contributed by atoms with Gasteiger partial charge in [0.15, 0.2) is 5.65 Å². The first kappa shape index (κ1) is 13.8. The van der Waals surface area contributed by atoms with Crippen LogP contribution >= 0.6 is 0 Å². The molecule has 108 valence electrons. The average molecular weight is 304 g/mol. The standard InChI is InChI=1S/C15H13FN2O2S/c1-10-5-6-13(9-14(10)16)21(19,20)18-11(2)8-12-4-3-7-17-15(12)18/h3-9H,1-2H3. The molecule has 0 saturated heterocycles. The molecule has 0 saturated carbocycles. The fraction of sp³-hybridized carbons (Fsp3) is 0.133. The summed E-state index contributed by atoms with van der Waals surface area (Å²) in [5.74, 6) is -0.543. The van der Waals surface area contributed by atoms with Crippen LogP contribution in [-0.4, -0.2) is 17.4 Å². The molecule has 4 nitrogen and oxygen atoms in total. The Morgan fingerprint density at radius 3 is 2.62 bits per heavy atom. The van der Waals surface area contributed by atoms with Crippen molar-refractivity contribution in [3.63, 3.8) is 0 Å². The van der Waals surface area contributed by atoms with Crippen molar-refractivity contribution in [3.8, 4) is 0 Å². The molecule has 2 aromatic heterocycles. The molecule has 0 spiro atoms. The van der Waals surface area contributed by atoms with E-state index in [1.807, 2.05) is 0 Å². The first-order valence-corrected chi connectivity index (χ1v) is 7.80. The number of aromatic nitrogens is 2. The molecule has 0 aliphatic heterocycles. The van der Waals surface area contributed by atoms with Crippen LogP contribution in [0.2, 0.25) is 0 Å². The molecule has 0 aliphatic rings. The Balaban J connectivity index is 2.30. The summed E-state index contributed by atoms with van der Waals surface area (Å²) < 4.78 is 40.3. The Labute approximate surface area is 121 Å². The predicted molar refractivity (Wildman–Crippen MR) is 78.2 cm³/mol. The number of hydrogen-bond acceptors (Lipinski definition) is 3. The molecule has 2 heterocycles. The molecule has 3 rings (SSSR count). The maximum Gasteiger partial charge on any atom is 0.269 e. The zero-order chi connectivity index (χ0) is 15.2. The van der Waals surface area contributed by atoms with Gasteiger partial charge in [-0.3, -0.25) is 0 Å². The van der Waals surface area contributed by atoms with E-state index in [1.165, 1.54) is 18.3 Å². The molecule has 0 aliphatic carbocycles. The quantitative estimate of drug-likeness (QED) is 0.731. The van der Waals surface area contributed by atoms with Gasteiger partial charge < -0.3 is 0 Å². The molecular weight excluding hydrogens is 291 g/mol. The Kier molecular flexibility index (Phi) is 3.06. The summed E-state index contributed by atoms with van der Waals surface area (Å²) in [6.45, 7) is 3.27. The van der Waals surface area contributed by atoms with Crippen LogP contribution < -0.4 is 0 Å². The number of hydrogen-bond donors (Lipinski definition) is 0. The SMILES string of the molecule is Cc1ccc(S(=O)(=O)n2c(C)cc3cccnc32)cc1F. The fourth-order valence-corrected chi connectivity index (χ4v) is 3.80. The number of nitrogens with zero attached hydrogens (tertiary/aromatic N) is 2. The zero-order valence-corrected chi connectivity index (χ0v) is 12.4. The van der Waals surface area contributed by atoms with Crippen LogP contribution in [0.5, 0.6) is 0 Å². The van der Waals surface area contributed by atoms with Gasteiger partial charge in [-0.2, -0.15) is 0 Å². The molecule has 0 fully saturated rings. The lowest BCUT2D eigenvalue weighted by Crippen LogP contribution is -2.15. The highest BCUT2D eigenvalue weighted by molar-refractivity contribution is 7.90. The zero-order valence-electron chi connectivity index (χ0n) is 11.5. The van der Waals surface area contributed by atoms with Crippen molar-refractivity contribution in [1.29, 1.82) is 0 Å². The molecule has 0 atom stereocenters. The number of pyridine rings is 1.